The van der Waals surface area contributed by atoms with Crippen LogP contribution in [-0.4, -0.2) is 30.5 Å². The molecular weight excluding hydrogens is 288 g/mol. The van der Waals surface area contributed by atoms with E-state index in [9.17, 15) is 8.42 Å². The Morgan fingerprint density at radius 1 is 1.33 bits per heavy atom. The second-order valence-electron chi connectivity index (χ2n) is 4.68. The molecule has 21 heavy (non-hydrogen) atoms. The van der Waals surface area contributed by atoms with E-state index < -0.39 is 9.84 Å². The molecule has 1 N–H and O–H groups in total. The molecule has 0 radical (unpaired) electrons. The van der Waals surface area contributed by atoms with Crippen molar-refractivity contribution in [3.8, 4) is 6.07 Å². The Bertz CT molecular complexity index is 770. The van der Waals surface area contributed by atoms with Gasteiger partial charge >= 0.3 is 0 Å². The number of nitrogens with one attached hydrogen (secondary N) is 1. The first-order valence-corrected chi connectivity index (χ1v) is 8.04. The lowest BCUT2D eigenvalue weighted by molar-refractivity contribution is 0.596. The summed E-state index contributed by atoms with van der Waals surface area (Å²) in [5.74, 6) is -0.0206. The molecular formula is C14H16N4O2S. The third-order valence-corrected chi connectivity index (χ3v) is 4.77. The molecule has 0 aliphatic rings. The average Bonchev–Trinajstić information content (AvgIpc) is 2.77. The van der Waals surface area contributed by atoms with Crippen molar-refractivity contribution in [1.82, 2.24) is 9.78 Å². The lowest BCUT2D eigenvalue weighted by atomic mass is 10.2. The summed E-state index contributed by atoms with van der Waals surface area (Å²) >= 11 is 0. The van der Waals surface area contributed by atoms with Crippen LogP contribution >= 0.6 is 0 Å². The largest absolute Gasteiger partial charge is 0.381 e. The number of hydrogen-bond donors (Lipinski definition) is 1. The smallest absolute Gasteiger partial charge is 0.180 e. The van der Waals surface area contributed by atoms with Gasteiger partial charge in [-0.2, -0.15) is 10.4 Å². The van der Waals surface area contributed by atoms with Crippen molar-refractivity contribution in [1.29, 1.82) is 5.26 Å². The van der Waals surface area contributed by atoms with Crippen LogP contribution in [0.3, 0.4) is 0 Å². The zero-order valence-corrected chi connectivity index (χ0v) is 12.7. The minimum absolute atomic E-state index is 0.0206. The molecule has 2 rings (SSSR count). The predicted molar refractivity (Wildman–Crippen MR) is 79.6 cm³/mol. The first-order chi connectivity index (χ1) is 9.92. The van der Waals surface area contributed by atoms with Crippen LogP contribution in [-0.2, 0) is 16.9 Å². The van der Waals surface area contributed by atoms with Gasteiger partial charge in [-0.25, -0.2) is 8.42 Å². The number of sulfone groups is 1. The molecule has 110 valence electrons. The summed E-state index contributed by atoms with van der Waals surface area (Å²) < 4.78 is 26.0. The van der Waals surface area contributed by atoms with E-state index >= 15 is 0 Å². The molecule has 0 aliphatic carbocycles. The van der Waals surface area contributed by atoms with Crippen LogP contribution in [0.5, 0.6) is 0 Å². The Morgan fingerprint density at radius 3 is 2.52 bits per heavy atom. The maximum absolute atomic E-state index is 12.2. The minimum atomic E-state index is -3.36. The minimum Gasteiger partial charge on any atom is -0.381 e. The molecule has 1 aromatic heterocycles. The van der Waals surface area contributed by atoms with E-state index in [1.807, 2.05) is 26.2 Å². The summed E-state index contributed by atoms with van der Waals surface area (Å²) in [7, 11) is -1.55. The van der Waals surface area contributed by atoms with Crippen molar-refractivity contribution in [2.75, 3.05) is 17.6 Å². The van der Waals surface area contributed by atoms with Gasteiger partial charge in [0.25, 0.3) is 0 Å². The van der Waals surface area contributed by atoms with Crippen molar-refractivity contribution < 1.29 is 8.42 Å². The van der Waals surface area contributed by atoms with Crippen molar-refractivity contribution in [2.45, 2.75) is 11.8 Å². The third-order valence-electron chi connectivity index (χ3n) is 3.04. The van der Waals surface area contributed by atoms with Gasteiger partial charge in [-0.15, -0.1) is 0 Å². The van der Waals surface area contributed by atoms with Gasteiger partial charge in [0.05, 0.1) is 33.7 Å². The summed E-state index contributed by atoms with van der Waals surface area (Å²) in [6, 6.07) is 7.90. The zero-order chi connectivity index (χ0) is 15.5. The van der Waals surface area contributed by atoms with E-state index in [-0.39, 0.29) is 10.6 Å². The predicted octanol–water partition coefficient (Wildman–Crippen LogP) is 1.49. The number of rotatable bonds is 5. The molecule has 0 amide bonds. The average molecular weight is 304 g/mol. The lowest BCUT2D eigenvalue weighted by Gasteiger charge is -2.06. The van der Waals surface area contributed by atoms with E-state index in [0.717, 1.165) is 11.4 Å². The Kier molecular flexibility index (Phi) is 4.29. The van der Waals surface area contributed by atoms with E-state index in [0.29, 0.717) is 12.1 Å². The summed E-state index contributed by atoms with van der Waals surface area (Å²) in [4.78, 5) is 0.228. The van der Waals surface area contributed by atoms with Gasteiger partial charge in [-0.1, -0.05) is 0 Å². The third kappa shape index (κ3) is 3.61. The van der Waals surface area contributed by atoms with E-state index in [1.165, 1.54) is 24.3 Å². The van der Waals surface area contributed by atoms with Crippen molar-refractivity contribution in [2.24, 2.45) is 7.05 Å². The summed E-state index contributed by atoms with van der Waals surface area (Å²) in [6.07, 6.45) is 1.81. The highest BCUT2D eigenvalue weighted by Gasteiger charge is 2.14. The number of nitriles is 1. The summed E-state index contributed by atoms with van der Waals surface area (Å²) in [5, 5.41) is 16.0. The van der Waals surface area contributed by atoms with Crippen LogP contribution in [0, 0.1) is 18.3 Å². The van der Waals surface area contributed by atoms with Gasteiger partial charge in [0, 0.05) is 19.8 Å². The van der Waals surface area contributed by atoms with Crippen molar-refractivity contribution in [3.63, 3.8) is 0 Å². The fourth-order valence-electron chi connectivity index (χ4n) is 1.95. The van der Waals surface area contributed by atoms with Crippen LogP contribution in [0.15, 0.2) is 35.4 Å². The number of benzene rings is 1. The van der Waals surface area contributed by atoms with E-state index in [1.54, 1.807) is 4.68 Å². The van der Waals surface area contributed by atoms with Crippen LogP contribution in [0.2, 0.25) is 0 Å². The second-order valence-corrected chi connectivity index (χ2v) is 6.79. The first kappa shape index (κ1) is 15.1. The normalized spacial score (nSPS) is 11.1. The molecule has 1 heterocycles. The highest BCUT2D eigenvalue weighted by molar-refractivity contribution is 7.91. The Hall–Kier alpha value is -2.33. The first-order valence-electron chi connectivity index (χ1n) is 6.39. The van der Waals surface area contributed by atoms with Gasteiger partial charge < -0.3 is 5.32 Å². The topological polar surface area (TPSA) is 87.8 Å². The van der Waals surface area contributed by atoms with Gasteiger partial charge in [0.2, 0.25) is 0 Å². The number of aromatic nitrogens is 2. The number of hydrogen-bond acceptors (Lipinski definition) is 5. The van der Waals surface area contributed by atoms with Crippen LogP contribution in [0.1, 0.15) is 11.3 Å². The lowest BCUT2D eigenvalue weighted by Crippen LogP contribution is -2.16. The number of nitrogens with zero attached hydrogens (tertiary/aromatic N) is 3. The molecule has 0 aliphatic heterocycles. The molecule has 7 heteroatoms. The SMILES string of the molecule is Cc1nn(C)cc1NCCS(=O)(=O)c1ccc(C#N)cc1. The maximum atomic E-state index is 12.2. The molecule has 0 atom stereocenters. The van der Waals surface area contributed by atoms with Gasteiger partial charge in [0.1, 0.15) is 0 Å². The van der Waals surface area contributed by atoms with Gasteiger partial charge in [-0.3, -0.25) is 4.68 Å². The Balaban J connectivity index is 2.01. The van der Waals surface area contributed by atoms with Gasteiger partial charge in [-0.05, 0) is 31.2 Å². The molecule has 0 fully saturated rings. The summed E-state index contributed by atoms with van der Waals surface area (Å²) in [6.45, 7) is 2.16. The number of anilines is 1. The molecule has 0 saturated heterocycles. The maximum Gasteiger partial charge on any atom is 0.180 e. The highest BCUT2D eigenvalue weighted by atomic mass is 32.2. The quantitative estimate of drug-likeness (QED) is 0.904. The fourth-order valence-corrected chi connectivity index (χ4v) is 3.11. The van der Waals surface area contributed by atoms with Gasteiger partial charge in [0.15, 0.2) is 9.84 Å². The molecule has 0 unspecified atom stereocenters. The fraction of sp³-hybridized carbons (Fsp3) is 0.286. The molecule has 1 aromatic carbocycles. The molecule has 6 nitrogen and oxygen atoms in total. The van der Waals surface area contributed by atoms with E-state index in [4.69, 9.17) is 5.26 Å². The van der Waals surface area contributed by atoms with Crippen molar-refractivity contribution in [3.05, 3.63) is 41.7 Å². The van der Waals surface area contributed by atoms with Crippen LogP contribution in [0.25, 0.3) is 0 Å². The molecule has 0 spiro atoms. The number of aryl methyl sites for hydroxylation is 2. The van der Waals surface area contributed by atoms with Crippen molar-refractivity contribution >= 4 is 15.5 Å². The Morgan fingerprint density at radius 2 is 2.00 bits per heavy atom. The molecule has 2 aromatic rings. The standard InChI is InChI=1S/C14H16N4O2S/c1-11-14(10-18(2)17-11)16-7-8-21(19,20)13-5-3-12(9-15)4-6-13/h3-6,10,16H,7-8H2,1-2H3. The summed E-state index contributed by atoms with van der Waals surface area (Å²) in [5.41, 5.74) is 2.10. The van der Waals surface area contributed by atoms with Crippen LogP contribution < -0.4 is 5.32 Å². The zero-order valence-electron chi connectivity index (χ0n) is 11.9. The molecule has 0 saturated carbocycles. The highest BCUT2D eigenvalue weighted by Crippen LogP contribution is 2.14. The Labute approximate surface area is 123 Å². The second kappa shape index (κ2) is 5.97. The molecule has 0 bridgehead atoms. The van der Waals surface area contributed by atoms with E-state index in [2.05, 4.69) is 10.4 Å². The van der Waals surface area contributed by atoms with Crippen LogP contribution in [0.4, 0.5) is 5.69 Å². The monoisotopic (exact) mass is 304 g/mol.